The lowest BCUT2D eigenvalue weighted by Gasteiger charge is -2.34. The number of ether oxygens (including phenoxy) is 1. The Morgan fingerprint density at radius 1 is 1.59 bits per heavy atom. The molecule has 0 unspecified atom stereocenters. The van der Waals surface area contributed by atoms with E-state index in [1.165, 1.54) is 11.3 Å². The molecule has 1 saturated heterocycles. The molecule has 0 amide bonds. The van der Waals surface area contributed by atoms with Gasteiger partial charge in [0.05, 0.1) is 17.9 Å². The lowest BCUT2D eigenvalue weighted by Crippen LogP contribution is -2.44. The Bertz CT molecular complexity index is 397. The van der Waals surface area contributed by atoms with Crippen molar-refractivity contribution in [3.63, 3.8) is 0 Å². The van der Waals surface area contributed by atoms with Crippen LogP contribution in [0, 0.1) is 0 Å². The van der Waals surface area contributed by atoms with Gasteiger partial charge in [0.15, 0.2) is 0 Å². The van der Waals surface area contributed by atoms with Crippen molar-refractivity contribution in [2.45, 2.75) is 32.6 Å². The largest absolute Gasteiger partial charge is 0.476 e. The van der Waals surface area contributed by atoms with Crippen molar-refractivity contribution < 1.29 is 14.6 Å². The van der Waals surface area contributed by atoms with Crippen molar-refractivity contribution in [2.75, 3.05) is 13.1 Å². The van der Waals surface area contributed by atoms with Gasteiger partial charge in [0.1, 0.15) is 0 Å². The molecule has 1 N–H and O–H groups in total. The van der Waals surface area contributed by atoms with Gasteiger partial charge in [-0.05, 0) is 13.8 Å². The number of carbonyl (C=O) groups is 1. The maximum atomic E-state index is 10.7. The smallest absolute Gasteiger partial charge is 0.365 e. The Morgan fingerprint density at radius 3 is 2.76 bits per heavy atom. The molecule has 0 aliphatic carbocycles. The summed E-state index contributed by atoms with van der Waals surface area (Å²) in [6, 6.07) is 0. The number of rotatable bonds is 3. The van der Waals surface area contributed by atoms with E-state index in [-0.39, 0.29) is 17.2 Å². The molecule has 6 heteroatoms. The number of morpholine rings is 1. The van der Waals surface area contributed by atoms with Gasteiger partial charge in [-0.25, -0.2) is 9.78 Å². The van der Waals surface area contributed by atoms with Gasteiger partial charge in [-0.3, -0.25) is 4.90 Å². The van der Waals surface area contributed by atoms with Crippen LogP contribution in [0.5, 0.6) is 0 Å². The van der Waals surface area contributed by atoms with Gasteiger partial charge < -0.3 is 9.84 Å². The van der Waals surface area contributed by atoms with Crippen LogP contribution in [0.2, 0.25) is 0 Å². The standard InChI is InChI=1S/C11H16N2O3S/c1-7-3-13(4-8(2)16-7)5-9-6-17-10(12-9)11(14)15/h6-8H,3-5H2,1-2H3,(H,14,15)/t7-,8+. The maximum absolute atomic E-state index is 10.7. The first kappa shape index (κ1) is 12.5. The van der Waals surface area contributed by atoms with E-state index in [9.17, 15) is 4.79 Å². The van der Waals surface area contributed by atoms with Crippen molar-refractivity contribution in [3.05, 3.63) is 16.1 Å². The predicted molar refractivity (Wildman–Crippen MR) is 64.4 cm³/mol. The van der Waals surface area contributed by atoms with E-state index in [1.54, 1.807) is 0 Å². The Kier molecular flexibility index (Phi) is 3.76. The van der Waals surface area contributed by atoms with Gasteiger partial charge in [0.2, 0.25) is 5.01 Å². The van der Waals surface area contributed by atoms with Gasteiger partial charge in [-0.2, -0.15) is 0 Å². The second-order valence-electron chi connectivity index (χ2n) is 4.40. The van der Waals surface area contributed by atoms with E-state index in [4.69, 9.17) is 9.84 Å². The number of carboxylic acids is 1. The molecule has 2 heterocycles. The lowest BCUT2D eigenvalue weighted by molar-refractivity contribution is -0.0707. The van der Waals surface area contributed by atoms with Crippen molar-refractivity contribution in [2.24, 2.45) is 0 Å². The van der Waals surface area contributed by atoms with Gasteiger partial charge in [-0.15, -0.1) is 11.3 Å². The van der Waals surface area contributed by atoms with Crippen LogP contribution >= 0.6 is 11.3 Å². The maximum Gasteiger partial charge on any atom is 0.365 e. The molecular weight excluding hydrogens is 240 g/mol. The van der Waals surface area contributed by atoms with Crippen LogP contribution in [0.4, 0.5) is 0 Å². The van der Waals surface area contributed by atoms with Crippen LogP contribution in [0.1, 0.15) is 29.3 Å². The fourth-order valence-electron chi connectivity index (χ4n) is 2.12. The van der Waals surface area contributed by atoms with Gasteiger partial charge in [-0.1, -0.05) is 0 Å². The Labute approximate surface area is 104 Å². The summed E-state index contributed by atoms with van der Waals surface area (Å²) in [5, 5.41) is 10.8. The molecule has 0 spiro atoms. The van der Waals surface area contributed by atoms with Crippen LogP contribution in [0.25, 0.3) is 0 Å². The molecular formula is C11H16N2O3S. The molecule has 0 saturated carbocycles. The van der Waals surface area contributed by atoms with Crippen molar-refractivity contribution in [1.82, 2.24) is 9.88 Å². The van der Waals surface area contributed by atoms with Crippen molar-refractivity contribution >= 4 is 17.3 Å². The molecule has 1 aliphatic rings. The minimum atomic E-state index is -0.954. The highest BCUT2D eigenvalue weighted by atomic mass is 32.1. The molecule has 0 radical (unpaired) electrons. The molecule has 1 aromatic heterocycles. The van der Waals surface area contributed by atoms with Crippen LogP contribution in [0.15, 0.2) is 5.38 Å². The second kappa shape index (κ2) is 5.12. The zero-order valence-corrected chi connectivity index (χ0v) is 10.7. The Hall–Kier alpha value is -0.980. The summed E-state index contributed by atoms with van der Waals surface area (Å²) in [4.78, 5) is 17.1. The summed E-state index contributed by atoms with van der Waals surface area (Å²) in [6.45, 7) is 6.52. The first-order valence-corrected chi connectivity index (χ1v) is 6.48. The molecule has 5 nitrogen and oxygen atoms in total. The second-order valence-corrected chi connectivity index (χ2v) is 5.26. The number of hydrogen-bond donors (Lipinski definition) is 1. The highest BCUT2D eigenvalue weighted by Crippen LogP contribution is 2.16. The summed E-state index contributed by atoms with van der Waals surface area (Å²) in [7, 11) is 0. The number of aromatic nitrogens is 1. The SMILES string of the molecule is C[C@@H]1CN(Cc2csc(C(=O)O)n2)C[C@H](C)O1. The fraction of sp³-hybridized carbons (Fsp3) is 0.636. The summed E-state index contributed by atoms with van der Waals surface area (Å²) < 4.78 is 5.64. The molecule has 0 bridgehead atoms. The third-order valence-electron chi connectivity index (χ3n) is 2.62. The van der Waals surface area contributed by atoms with E-state index in [1.807, 2.05) is 19.2 Å². The highest BCUT2D eigenvalue weighted by Gasteiger charge is 2.23. The Morgan fingerprint density at radius 2 is 2.24 bits per heavy atom. The van der Waals surface area contributed by atoms with Crippen LogP contribution in [-0.2, 0) is 11.3 Å². The monoisotopic (exact) mass is 256 g/mol. The number of aromatic carboxylic acids is 1. The van der Waals surface area contributed by atoms with Crippen LogP contribution in [0.3, 0.4) is 0 Å². The third-order valence-corrected chi connectivity index (χ3v) is 3.49. The van der Waals surface area contributed by atoms with Crippen molar-refractivity contribution in [1.29, 1.82) is 0 Å². The van der Waals surface area contributed by atoms with Gasteiger partial charge in [0, 0.05) is 25.0 Å². The number of nitrogens with zero attached hydrogens (tertiary/aromatic N) is 2. The zero-order valence-electron chi connectivity index (χ0n) is 9.92. The van der Waals surface area contributed by atoms with E-state index < -0.39 is 5.97 Å². The molecule has 94 valence electrons. The molecule has 1 aromatic rings. The molecule has 2 rings (SSSR count). The fourth-order valence-corrected chi connectivity index (χ4v) is 2.77. The molecule has 0 aromatic carbocycles. The van der Waals surface area contributed by atoms with Gasteiger partial charge >= 0.3 is 5.97 Å². The molecule has 17 heavy (non-hydrogen) atoms. The first-order valence-electron chi connectivity index (χ1n) is 5.60. The average Bonchev–Trinajstić information content (AvgIpc) is 2.64. The number of hydrogen-bond acceptors (Lipinski definition) is 5. The summed E-state index contributed by atoms with van der Waals surface area (Å²) >= 11 is 1.18. The van der Waals surface area contributed by atoms with E-state index >= 15 is 0 Å². The minimum Gasteiger partial charge on any atom is -0.476 e. The van der Waals surface area contributed by atoms with E-state index in [2.05, 4.69) is 9.88 Å². The normalized spacial score (nSPS) is 26.0. The predicted octanol–water partition coefficient (Wildman–Crippen LogP) is 1.45. The average molecular weight is 256 g/mol. The van der Waals surface area contributed by atoms with Crippen LogP contribution < -0.4 is 0 Å². The first-order chi connectivity index (χ1) is 8.04. The summed E-state index contributed by atoms with van der Waals surface area (Å²) in [5.74, 6) is -0.954. The minimum absolute atomic E-state index is 0.161. The Balaban J connectivity index is 1.97. The van der Waals surface area contributed by atoms with Gasteiger partial charge in [0.25, 0.3) is 0 Å². The molecule has 1 fully saturated rings. The van der Waals surface area contributed by atoms with Crippen LogP contribution in [-0.4, -0.2) is 46.3 Å². The quantitative estimate of drug-likeness (QED) is 0.887. The molecule has 2 atom stereocenters. The topological polar surface area (TPSA) is 62.7 Å². The number of thiazole rings is 1. The van der Waals surface area contributed by atoms with E-state index in [0.717, 1.165) is 18.8 Å². The molecule has 1 aliphatic heterocycles. The van der Waals surface area contributed by atoms with Crippen molar-refractivity contribution in [3.8, 4) is 0 Å². The highest BCUT2D eigenvalue weighted by molar-refractivity contribution is 7.11. The third kappa shape index (κ3) is 3.24. The number of carboxylic acid groups (broad SMARTS) is 1. The zero-order chi connectivity index (χ0) is 12.4. The summed E-state index contributed by atoms with van der Waals surface area (Å²) in [5.41, 5.74) is 0.828. The lowest BCUT2D eigenvalue weighted by atomic mass is 10.2. The van der Waals surface area contributed by atoms with E-state index in [0.29, 0.717) is 6.54 Å². The summed E-state index contributed by atoms with van der Waals surface area (Å²) in [6.07, 6.45) is 0.438.